The number of amides is 1. The van der Waals surface area contributed by atoms with Gasteiger partial charge >= 0.3 is 5.97 Å². The standard InChI is InChI=1S/C10H20N2O3/c1-6-11(4)7(2)9(13)12(5)8(3)10(14)15/h7-8H,6H2,1-5H3,(H,14,15). The molecule has 0 spiro atoms. The van der Waals surface area contributed by atoms with Crippen molar-refractivity contribution in [2.24, 2.45) is 0 Å². The molecule has 0 aliphatic carbocycles. The number of aliphatic carboxylic acids is 1. The number of likely N-dealkylation sites (N-methyl/N-ethyl adjacent to an activating group) is 2. The zero-order valence-corrected chi connectivity index (χ0v) is 10.0. The molecule has 88 valence electrons. The van der Waals surface area contributed by atoms with E-state index in [-0.39, 0.29) is 11.9 Å². The van der Waals surface area contributed by atoms with Gasteiger partial charge in [-0.1, -0.05) is 6.92 Å². The zero-order chi connectivity index (χ0) is 12.2. The van der Waals surface area contributed by atoms with Gasteiger partial charge in [0.1, 0.15) is 6.04 Å². The summed E-state index contributed by atoms with van der Waals surface area (Å²) in [5.41, 5.74) is 0. The maximum Gasteiger partial charge on any atom is 0.326 e. The zero-order valence-electron chi connectivity index (χ0n) is 10.0. The molecule has 0 aliphatic rings. The first-order chi connectivity index (χ1) is 6.82. The molecule has 0 saturated carbocycles. The van der Waals surface area contributed by atoms with E-state index in [1.54, 1.807) is 6.92 Å². The number of hydrogen-bond donors (Lipinski definition) is 1. The molecule has 15 heavy (non-hydrogen) atoms. The van der Waals surface area contributed by atoms with E-state index in [2.05, 4.69) is 0 Å². The van der Waals surface area contributed by atoms with Crippen molar-refractivity contribution in [3.8, 4) is 0 Å². The van der Waals surface area contributed by atoms with E-state index < -0.39 is 12.0 Å². The second kappa shape index (κ2) is 5.70. The summed E-state index contributed by atoms with van der Waals surface area (Å²) in [6, 6.07) is -1.08. The van der Waals surface area contributed by atoms with Crippen molar-refractivity contribution in [1.29, 1.82) is 0 Å². The van der Waals surface area contributed by atoms with E-state index in [0.717, 1.165) is 6.54 Å². The van der Waals surface area contributed by atoms with Crippen molar-refractivity contribution >= 4 is 11.9 Å². The van der Waals surface area contributed by atoms with Crippen LogP contribution >= 0.6 is 0 Å². The van der Waals surface area contributed by atoms with Gasteiger partial charge in [-0.2, -0.15) is 0 Å². The normalized spacial score (nSPS) is 14.8. The van der Waals surface area contributed by atoms with Gasteiger partial charge < -0.3 is 10.0 Å². The Morgan fingerprint density at radius 1 is 1.20 bits per heavy atom. The first-order valence-electron chi connectivity index (χ1n) is 5.02. The SMILES string of the molecule is CCN(C)C(C)C(=O)N(C)C(C)C(=O)O. The minimum absolute atomic E-state index is 0.172. The van der Waals surface area contributed by atoms with E-state index in [0.29, 0.717) is 0 Å². The predicted molar refractivity (Wildman–Crippen MR) is 57.6 cm³/mol. The molecule has 0 heterocycles. The Morgan fingerprint density at radius 2 is 1.67 bits per heavy atom. The Morgan fingerprint density at radius 3 is 2.00 bits per heavy atom. The summed E-state index contributed by atoms with van der Waals surface area (Å²) in [5.74, 6) is -1.16. The monoisotopic (exact) mass is 216 g/mol. The fourth-order valence-electron chi connectivity index (χ4n) is 1.11. The Bertz CT molecular complexity index is 243. The summed E-state index contributed by atoms with van der Waals surface area (Å²) in [6.45, 7) is 5.97. The number of carboxylic acids is 1. The molecule has 0 aromatic carbocycles. The van der Waals surface area contributed by atoms with Crippen molar-refractivity contribution in [3.05, 3.63) is 0 Å². The summed E-state index contributed by atoms with van der Waals surface area (Å²) in [4.78, 5) is 25.6. The second-order valence-corrected chi connectivity index (χ2v) is 3.71. The lowest BCUT2D eigenvalue weighted by Crippen LogP contribution is -2.49. The number of hydrogen-bond acceptors (Lipinski definition) is 3. The number of carboxylic acid groups (broad SMARTS) is 1. The summed E-state index contributed by atoms with van der Waals surface area (Å²) in [7, 11) is 3.35. The Kier molecular flexibility index (Phi) is 5.28. The first kappa shape index (κ1) is 13.9. The maximum absolute atomic E-state index is 11.8. The molecule has 0 aromatic heterocycles. The molecule has 2 unspecified atom stereocenters. The Hall–Kier alpha value is -1.10. The molecule has 5 heteroatoms. The molecule has 2 atom stereocenters. The van der Waals surface area contributed by atoms with Crippen LogP contribution in [0.3, 0.4) is 0 Å². The highest BCUT2D eigenvalue weighted by Gasteiger charge is 2.26. The van der Waals surface area contributed by atoms with E-state index in [9.17, 15) is 9.59 Å². The molecule has 0 aromatic rings. The average molecular weight is 216 g/mol. The Labute approximate surface area is 90.7 Å². The number of rotatable bonds is 5. The van der Waals surface area contributed by atoms with Gasteiger partial charge in [-0.05, 0) is 27.4 Å². The second-order valence-electron chi connectivity index (χ2n) is 3.71. The van der Waals surface area contributed by atoms with Gasteiger partial charge in [-0.3, -0.25) is 9.69 Å². The summed E-state index contributed by atoms with van der Waals surface area (Å²) < 4.78 is 0. The van der Waals surface area contributed by atoms with Gasteiger partial charge in [0.05, 0.1) is 6.04 Å². The van der Waals surface area contributed by atoms with Crippen molar-refractivity contribution in [1.82, 2.24) is 9.80 Å². The summed E-state index contributed by atoms with van der Waals surface area (Å²) in [5, 5.41) is 8.77. The molecule has 1 amide bonds. The van der Waals surface area contributed by atoms with Gasteiger partial charge in [0, 0.05) is 7.05 Å². The third kappa shape index (κ3) is 3.51. The van der Waals surface area contributed by atoms with Gasteiger partial charge in [0.25, 0.3) is 0 Å². The number of carbonyl (C=O) groups is 2. The quantitative estimate of drug-likeness (QED) is 0.716. The van der Waals surface area contributed by atoms with Crippen LogP contribution in [0.2, 0.25) is 0 Å². The number of carbonyl (C=O) groups excluding carboxylic acids is 1. The highest BCUT2D eigenvalue weighted by atomic mass is 16.4. The third-order valence-electron chi connectivity index (χ3n) is 2.80. The van der Waals surface area contributed by atoms with Crippen molar-refractivity contribution in [2.45, 2.75) is 32.9 Å². The molecule has 1 N–H and O–H groups in total. The van der Waals surface area contributed by atoms with Crippen LogP contribution in [-0.2, 0) is 9.59 Å². The van der Waals surface area contributed by atoms with E-state index in [1.807, 2.05) is 18.9 Å². The highest BCUT2D eigenvalue weighted by molar-refractivity contribution is 5.86. The van der Waals surface area contributed by atoms with Crippen LogP contribution in [0.25, 0.3) is 0 Å². The lowest BCUT2D eigenvalue weighted by atomic mass is 10.2. The van der Waals surface area contributed by atoms with Crippen molar-refractivity contribution in [2.75, 3.05) is 20.6 Å². The van der Waals surface area contributed by atoms with Crippen LogP contribution in [0, 0.1) is 0 Å². The molecule has 0 bridgehead atoms. The van der Waals surface area contributed by atoms with E-state index in [4.69, 9.17) is 5.11 Å². The average Bonchev–Trinajstić information content (AvgIpc) is 2.23. The fraction of sp³-hybridized carbons (Fsp3) is 0.800. The Balaban J connectivity index is 4.50. The minimum Gasteiger partial charge on any atom is -0.480 e. The topological polar surface area (TPSA) is 60.9 Å². The molecule has 0 radical (unpaired) electrons. The van der Waals surface area contributed by atoms with Crippen molar-refractivity contribution < 1.29 is 14.7 Å². The minimum atomic E-state index is -0.989. The molecule has 0 rings (SSSR count). The molecule has 0 aliphatic heterocycles. The van der Waals surface area contributed by atoms with Crippen LogP contribution in [0.4, 0.5) is 0 Å². The van der Waals surface area contributed by atoms with E-state index >= 15 is 0 Å². The van der Waals surface area contributed by atoms with Crippen LogP contribution in [0.15, 0.2) is 0 Å². The predicted octanol–water partition coefficient (Wildman–Crippen LogP) is 0.258. The van der Waals surface area contributed by atoms with Crippen LogP contribution in [0.1, 0.15) is 20.8 Å². The lowest BCUT2D eigenvalue weighted by molar-refractivity contribution is -0.150. The smallest absolute Gasteiger partial charge is 0.326 e. The van der Waals surface area contributed by atoms with Crippen LogP contribution in [-0.4, -0.2) is 59.5 Å². The van der Waals surface area contributed by atoms with Gasteiger partial charge in [0.2, 0.25) is 5.91 Å². The largest absolute Gasteiger partial charge is 0.480 e. The molecular formula is C10H20N2O3. The van der Waals surface area contributed by atoms with Crippen LogP contribution < -0.4 is 0 Å². The molecule has 5 nitrogen and oxygen atoms in total. The first-order valence-corrected chi connectivity index (χ1v) is 5.02. The van der Waals surface area contributed by atoms with Crippen LogP contribution in [0.5, 0.6) is 0 Å². The molecule has 0 saturated heterocycles. The van der Waals surface area contributed by atoms with Gasteiger partial charge in [-0.15, -0.1) is 0 Å². The third-order valence-corrected chi connectivity index (χ3v) is 2.80. The molecular weight excluding hydrogens is 196 g/mol. The van der Waals surface area contributed by atoms with Gasteiger partial charge in [-0.25, -0.2) is 4.79 Å². The summed E-state index contributed by atoms with van der Waals surface area (Å²) >= 11 is 0. The lowest BCUT2D eigenvalue weighted by Gasteiger charge is -2.29. The highest BCUT2D eigenvalue weighted by Crippen LogP contribution is 2.04. The maximum atomic E-state index is 11.8. The summed E-state index contributed by atoms with van der Waals surface area (Å²) in [6.07, 6.45) is 0. The molecule has 0 fully saturated rings. The van der Waals surface area contributed by atoms with Gasteiger partial charge in [0.15, 0.2) is 0 Å². The fourth-order valence-corrected chi connectivity index (χ4v) is 1.11. The van der Waals surface area contributed by atoms with Crippen molar-refractivity contribution in [3.63, 3.8) is 0 Å². The number of nitrogens with zero attached hydrogens (tertiary/aromatic N) is 2. The van der Waals surface area contributed by atoms with E-state index in [1.165, 1.54) is 18.9 Å².